The molecule has 0 saturated heterocycles. The van der Waals surface area contributed by atoms with Gasteiger partial charge in [0.15, 0.2) is 10.9 Å². The molecule has 0 aliphatic rings. The summed E-state index contributed by atoms with van der Waals surface area (Å²) in [6.45, 7) is -0.0122. The lowest BCUT2D eigenvalue weighted by atomic mass is 10.2. The van der Waals surface area contributed by atoms with E-state index < -0.39 is 0 Å². The molecular formula is C8H9ClN2O2S. The second-order valence-corrected chi connectivity index (χ2v) is 3.55. The van der Waals surface area contributed by atoms with Crippen molar-refractivity contribution >= 4 is 29.1 Å². The van der Waals surface area contributed by atoms with Gasteiger partial charge in [-0.25, -0.2) is 9.97 Å². The number of ketones is 1. The molecule has 1 aromatic rings. The molecule has 0 radical (unpaired) electrons. The third-order valence-corrected chi connectivity index (χ3v) is 2.33. The lowest BCUT2D eigenvalue weighted by Crippen LogP contribution is -2.09. The van der Waals surface area contributed by atoms with E-state index in [0.717, 1.165) is 0 Å². The molecular weight excluding hydrogens is 224 g/mol. The molecule has 1 aromatic heterocycles. The van der Waals surface area contributed by atoms with Crippen molar-refractivity contribution in [1.29, 1.82) is 0 Å². The lowest BCUT2D eigenvalue weighted by Gasteiger charge is -2.02. The van der Waals surface area contributed by atoms with Gasteiger partial charge in [-0.2, -0.15) is 0 Å². The van der Waals surface area contributed by atoms with Crippen molar-refractivity contribution in [2.24, 2.45) is 0 Å². The molecule has 0 spiro atoms. The van der Waals surface area contributed by atoms with Gasteiger partial charge in [-0.05, 0) is 6.26 Å². The Morgan fingerprint density at radius 1 is 1.71 bits per heavy atom. The molecule has 0 saturated carbocycles. The van der Waals surface area contributed by atoms with Crippen molar-refractivity contribution in [1.82, 2.24) is 9.97 Å². The number of nitrogens with zero attached hydrogens (tertiary/aromatic N) is 2. The largest absolute Gasteiger partial charge is 0.377 e. The zero-order valence-corrected chi connectivity index (χ0v) is 9.35. The van der Waals surface area contributed by atoms with Crippen molar-refractivity contribution in [3.63, 3.8) is 0 Å². The summed E-state index contributed by atoms with van der Waals surface area (Å²) in [4.78, 5) is 19.3. The highest BCUT2D eigenvalue weighted by Gasteiger charge is 2.12. The minimum Gasteiger partial charge on any atom is -0.377 e. The summed E-state index contributed by atoms with van der Waals surface area (Å²) in [6.07, 6.45) is 3.25. The van der Waals surface area contributed by atoms with E-state index >= 15 is 0 Å². The number of carbonyl (C=O) groups is 1. The average molecular weight is 233 g/mol. The van der Waals surface area contributed by atoms with E-state index in [4.69, 9.17) is 16.3 Å². The van der Waals surface area contributed by atoms with Gasteiger partial charge in [0, 0.05) is 13.3 Å². The van der Waals surface area contributed by atoms with Gasteiger partial charge in [-0.1, -0.05) is 23.4 Å². The Kier molecular flexibility index (Phi) is 4.31. The van der Waals surface area contributed by atoms with E-state index in [1.54, 1.807) is 0 Å². The molecule has 0 fully saturated rings. The maximum atomic E-state index is 11.4. The van der Waals surface area contributed by atoms with Crippen LogP contribution in [-0.2, 0) is 4.74 Å². The van der Waals surface area contributed by atoms with Gasteiger partial charge in [0.05, 0.1) is 5.56 Å². The van der Waals surface area contributed by atoms with Gasteiger partial charge in [0.1, 0.15) is 11.8 Å². The molecule has 0 aliphatic heterocycles. The number of ether oxygens (including phenoxy) is 1. The molecule has 1 rings (SSSR count). The van der Waals surface area contributed by atoms with Gasteiger partial charge in [-0.3, -0.25) is 4.79 Å². The van der Waals surface area contributed by atoms with Gasteiger partial charge >= 0.3 is 0 Å². The zero-order chi connectivity index (χ0) is 10.6. The summed E-state index contributed by atoms with van der Waals surface area (Å²) in [5, 5.41) is 0.718. The van der Waals surface area contributed by atoms with Gasteiger partial charge in [0.25, 0.3) is 0 Å². The first kappa shape index (κ1) is 11.4. The molecule has 0 aliphatic carbocycles. The monoisotopic (exact) mass is 232 g/mol. The molecule has 0 bridgehead atoms. The van der Waals surface area contributed by atoms with E-state index in [9.17, 15) is 4.79 Å². The van der Waals surface area contributed by atoms with Crippen LogP contribution in [0.2, 0.25) is 5.15 Å². The van der Waals surface area contributed by atoms with Crippen LogP contribution < -0.4 is 0 Å². The third-order valence-electron chi connectivity index (χ3n) is 1.48. The lowest BCUT2D eigenvalue weighted by molar-refractivity contribution is 0.0847. The molecule has 76 valence electrons. The van der Waals surface area contributed by atoms with E-state index in [-0.39, 0.29) is 17.5 Å². The summed E-state index contributed by atoms with van der Waals surface area (Å²) >= 11 is 7.17. The SMILES string of the molecule is COCC(=O)c1cnc(SC)nc1Cl. The summed E-state index contributed by atoms with van der Waals surface area (Å²) < 4.78 is 4.70. The van der Waals surface area contributed by atoms with Crippen molar-refractivity contribution in [2.45, 2.75) is 5.16 Å². The molecule has 0 unspecified atom stereocenters. The molecule has 6 heteroatoms. The van der Waals surface area contributed by atoms with Crippen LogP contribution in [-0.4, -0.2) is 35.7 Å². The number of Topliss-reactive ketones (excluding diaryl/α,β-unsaturated/α-hetero) is 1. The van der Waals surface area contributed by atoms with E-state index in [1.165, 1.54) is 25.1 Å². The Bertz CT molecular complexity index is 346. The fourth-order valence-electron chi connectivity index (χ4n) is 0.840. The second-order valence-electron chi connectivity index (χ2n) is 2.42. The predicted molar refractivity (Wildman–Crippen MR) is 55.0 cm³/mol. The molecule has 0 N–H and O–H groups in total. The summed E-state index contributed by atoms with van der Waals surface area (Å²) in [5.74, 6) is -0.217. The molecule has 1 heterocycles. The normalized spacial score (nSPS) is 10.2. The number of hydrogen-bond acceptors (Lipinski definition) is 5. The fourth-order valence-corrected chi connectivity index (χ4v) is 1.47. The Morgan fingerprint density at radius 2 is 2.43 bits per heavy atom. The van der Waals surface area contributed by atoms with Crippen LogP contribution >= 0.6 is 23.4 Å². The minimum atomic E-state index is -0.217. The number of carbonyl (C=O) groups excluding carboxylic acids is 1. The first-order chi connectivity index (χ1) is 6.69. The number of hydrogen-bond donors (Lipinski definition) is 0. The number of rotatable bonds is 4. The van der Waals surface area contributed by atoms with Crippen molar-refractivity contribution in [3.8, 4) is 0 Å². The van der Waals surface area contributed by atoms with Gasteiger partial charge in [-0.15, -0.1) is 0 Å². The minimum absolute atomic E-state index is 0.0122. The highest BCUT2D eigenvalue weighted by Crippen LogP contribution is 2.16. The summed E-state index contributed by atoms with van der Waals surface area (Å²) in [5.41, 5.74) is 0.298. The van der Waals surface area contributed by atoms with Crippen LogP contribution in [0, 0.1) is 0 Å². The van der Waals surface area contributed by atoms with Crippen LogP contribution in [0.1, 0.15) is 10.4 Å². The van der Waals surface area contributed by atoms with Crippen LogP contribution in [0.25, 0.3) is 0 Å². The van der Waals surface area contributed by atoms with E-state index in [0.29, 0.717) is 10.7 Å². The second kappa shape index (κ2) is 5.29. The van der Waals surface area contributed by atoms with E-state index in [1.807, 2.05) is 6.26 Å². The van der Waals surface area contributed by atoms with Gasteiger partial charge < -0.3 is 4.74 Å². The van der Waals surface area contributed by atoms with Crippen molar-refractivity contribution < 1.29 is 9.53 Å². The summed E-state index contributed by atoms with van der Waals surface area (Å²) in [7, 11) is 1.45. The molecule has 0 amide bonds. The Labute approximate surface area is 91.0 Å². The third kappa shape index (κ3) is 2.67. The number of aromatic nitrogens is 2. The average Bonchev–Trinajstić information content (AvgIpc) is 2.17. The molecule has 4 nitrogen and oxygen atoms in total. The molecule has 14 heavy (non-hydrogen) atoms. The number of thioether (sulfide) groups is 1. The Balaban J connectivity index is 2.94. The smallest absolute Gasteiger partial charge is 0.193 e. The first-order valence-electron chi connectivity index (χ1n) is 3.77. The van der Waals surface area contributed by atoms with Crippen LogP contribution in [0.4, 0.5) is 0 Å². The van der Waals surface area contributed by atoms with Crippen LogP contribution in [0.3, 0.4) is 0 Å². The fraction of sp³-hybridized carbons (Fsp3) is 0.375. The maximum absolute atomic E-state index is 11.4. The first-order valence-corrected chi connectivity index (χ1v) is 5.38. The predicted octanol–water partition coefficient (Wildman–Crippen LogP) is 1.68. The zero-order valence-electron chi connectivity index (χ0n) is 7.78. The highest BCUT2D eigenvalue weighted by atomic mass is 35.5. The Morgan fingerprint density at radius 3 is 2.93 bits per heavy atom. The van der Waals surface area contributed by atoms with Gasteiger partial charge in [0.2, 0.25) is 0 Å². The van der Waals surface area contributed by atoms with Crippen LogP contribution in [0.15, 0.2) is 11.4 Å². The van der Waals surface area contributed by atoms with Crippen LogP contribution in [0.5, 0.6) is 0 Å². The maximum Gasteiger partial charge on any atom is 0.193 e. The van der Waals surface area contributed by atoms with Crippen molar-refractivity contribution in [3.05, 3.63) is 16.9 Å². The topological polar surface area (TPSA) is 52.1 Å². The van der Waals surface area contributed by atoms with Crippen molar-refractivity contribution in [2.75, 3.05) is 20.0 Å². The standard InChI is InChI=1S/C8H9ClN2O2S/c1-13-4-6(12)5-3-10-8(14-2)11-7(5)9/h3H,4H2,1-2H3. The quantitative estimate of drug-likeness (QED) is 0.342. The number of methoxy groups -OCH3 is 1. The van der Waals surface area contributed by atoms with E-state index in [2.05, 4.69) is 9.97 Å². The Hall–Kier alpha value is -0.650. The highest BCUT2D eigenvalue weighted by molar-refractivity contribution is 7.98. The number of halogens is 1. The molecule has 0 aromatic carbocycles. The molecule has 0 atom stereocenters. The summed E-state index contributed by atoms with van der Waals surface area (Å²) in [6, 6.07) is 0.